The quantitative estimate of drug-likeness (QED) is 0.747. The maximum atomic E-state index is 4.24. The van der Waals surface area contributed by atoms with E-state index in [1.165, 1.54) is 6.42 Å². The van der Waals surface area contributed by atoms with Crippen LogP contribution in [0.3, 0.4) is 0 Å². The van der Waals surface area contributed by atoms with E-state index in [2.05, 4.69) is 24.1 Å². The normalized spacial score (nSPS) is 13.2. The van der Waals surface area contributed by atoms with Gasteiger partial charge in [-0.2, -0.15) is 0 Å². The van der Waals surface area contributed by atoms with Crippen LogP contribution < -0.4 is 5.32 Å². The van der Waals surface area contributed by atoms with Gasteiger partial charge in [-0.15, -0.1) is 0 Å². The molecule has 0 aliphatic carbocycles. The number of hydrogen-bond donors (Lipinski definition) is 1. The van der Waals surface area contributed by atoms with E-state index in [0.717, 1.165) is 24.8 Å². The lowest BCUT2D eigenvalue weighted by Crippen LogP contribution is -2.21. The SMILES string of the molecule is CCC(C)CNCc1nccn1C. The summed E-state index contributed by atoms with van der Waals surface area (Å²) < 4.78 is 2.05. The molecule has 0 saturated heterocycles. The molecule has 1 aromatic rings. The molecule has 3 heteroatoms. The Hall–Kier alpha value is -0.830. The van der Waals surface area contributed by atoms with Gasteiger partial charge in [0.15, 0.2) is 0 Å². The third kappa shape index (κ3) is 3.19. The average molecular weight is 181 g/mol. The molecule has 0 aliphatic heterocycles. The molecule has 0 aromatic carbocycles. The fourth-order valence-electron chi connectivity index (χ4n) is 1.14. The Balaban J connectivity index is 2.24. The van der Waals surface area contributed by atoms with E-state index in [4.69, 9.17) is 0 Å². The molecule has 0 fully saturated rings. The van der Waals surface area contributed by atoms with E-state index >= 15 is 0 Å². The summed E-state index contributed by atoms with van der Waals surface area (Å²) in [4.78, 5) is 4.24. The van der Waals surface area contributed by atoms with Crippen LogP contribution in [0.2, 0.25) is 0 Å². The van der Waals surface area contributed by atoms with Crippen molar-refractivity contribution in [1.29, 1.82) is 0 Å². The predicted octanol–water partition coefficient (Wildman–Crippen LogP) is 1.56. The van der Waals surface area contributed by atoms with E-state index in [0.29, 0.717) is 0 Å². The highest BCUT2D eigenvalue weighted by molar-refractivity contribution is 4.90. The third-order valence-electron chi connectivity index (χ3n) is 2.39. The lowest BCUT2D eigenvalue weighted by Gasteiger charge is -2.09. The predicted molar refractivity (Wildman–Crippen MR) is 54.4 cm³/mol. The first-order chi connectivity index (χ1) is 6.24. The molecule has 1 N–H and O–H groups in total. The van der Waals surface area contributed by atoms with Crippen molar-refractivity contribution in [1.82, 2.24) is 14.9 Å². The fourth-order valence-corrected chi connectivity index (χ4v) is 1.14. The monoisotopic (exact) mass is 181 g/mol. The number of rotatable bonds is 5. The molecule has 1 atom stereocenters. The van der Waals surface area contributed by atoms with Gasteiger partial charge in [0.05, 0.1) is 6.54 Å². The minimum absolute atomic E-state index is 0.750. The smallest absolute Gasteiger partial charge is 0.122 e. The van der Waals surface area contributed by atoms with Crippen LogP contribution >= 0.6 is 0 Å². The molecule has 0 aliphatic rings. The minimum atomic E-state index is 0.750. The molecule has 0 radical (unpaired) electrons. The highest BCUT2D eigenvalue weighted by Crippen LogP contribution is 1.98. The van der Waals surface area contributed by atoms with Gasteiger partial charge in [0.1, 0.15) is 5.82 Å². The Labute approximate surface area is 80.2 Å². The van der Waals surface area contributed by atoms with Crippen LogP contribution in [0.1, 0.15) is 26.1 Å². The van der Waals surface area contributed by atoms with Crippen LogP contribution in [-0.4, -0.2) is 16.1 Å². The van der Waals surface area contributed by atoms with Crippen molar-refractivity contribution in [2.24, 2.45) is 13.0 Å². The molecule has 13 heavy (non-hydrogen) atoms. The molecule has 74 valence electrons. The molecule has 0 spiro atoms. The van der Waals surface area contributed by atoms with Gasteiger partial charge in [-0.1, -0.05) is 20.3 Å². The van der Waals surface area contributed by atoms with Crippen LogP contribution in [0.5, 0.6) is 0 Å². The van der Waals surface area contributed by atoms with Gasteiger partial charge >= 0.3 is 0 Å². The van der Waals surface area contributed by atoms with Crippen LogP contribution in [0, 0.1) is 5.92 Å². The number of hydrogen-bond acceptors (Lipinski definition) is 2. The fraction of sp³-hybridized carbons (Fsp3) is 0.700. The molecular formula is C10H19N3. The van der Waals surface area contributed by atoms with Crippen LogP contribution in [0.15, 0.2) is 12.4 Å². The lowest BCUT2D eigenvalue weighted by molar-refractivity contribution is 0.491. The number of nitrogens with one attached hydrogen (secondary N) is 1. The van der Waals surface area contributed by atoms with Gasteiger partial charge in [-0.25, -0.2) is 4.98 Å². The largest absolute Gasteiger partial charge is 0.337 e. The Bertz CT molecular complexity index is 242. The topological polar surface area (TPSA) is 29.9 Å². The summed E-state index contributed by atoms with van der Waals surface area (Å²) in [6.07, 6.45) is 5.04. The van der Waals surface area contributed by atoms with E-state index in [1.54, 1.807) is 0 Å². The first kappa shape index (κ1) is 10.3. The zero-order valence-corrected chi connectivity index (χ0v) is 8.75. The van der Waals surface area contributed by atoms with Gasteiger partial charge in [-0.05, 0) is 12.5 Å². The Morgan fingerprint density at radius 3 is 2.92 bits per heavy atom. The standard InChI is InChI=1S/C10H19N3/c1-4-9(2)7-11-8-10-12-5-6-13(10)3/h5-6,9,11H,4,7-8H2,1-3H3. The van der Waals surface area contributed by atoms with Gasteiger partial charge in [0.25, 0.3) is 0 Å². The van der Waals surface area contributed by atoms with Gasteiger partial charge in [0.2, 0.25) is 0 Å². The Kier molecular flexibility index (Phi) is 3.96. The molecule has 1 heterocycles. The second kappa shape index (κ2) is 5.02. The number of nitrogens with zero attached hydrogens (tertiary/aromatic N) is 2. The van der Waals surface area contributed by atoms with Crippen LogP contribution in [0.4, 0.5) is 0 Å². The summed E-state index contributed by atoms with van der Waals surface area (Å²) in [5.41, 5.74) is 0. The maximum Gasteiger partial charge on any atom is 0.122 e. The van der Waals surface area contributed by atoms with Crippen molar-refractivity contribution >= 4 is 0 Å². The van der Waals surface area contributed by atoms with Crippen molar-refractivity contribution in [2.45, 2.75) is 26.8 Å². The first-order valence-corrected chi connectivity index (χ1v) is 4.91. The highest BCUT2D eigenvalue weighted by atomic mass is 15.1. The molecule has 0 bridgehead atoms. The van der Waals surface area contributed by atoms with Gasteiger partial charge in [-0.3, -0.25) is 0 Å². The summed E-state index contributed by atoms with van der Waals surface area (Å²) in [5.74, 6) is 1.85. The molecule has 1 unspecified atom stereocenters. The number of imidazole rings is 1. The van der Waals surface area contributed by atoms with Crippen molar-refractivity contribution in [3.8, 4) is 0 Å². The summed E-state index contributed by atoms with van der Waals surface area (Å²) in [6.45, 7) is 6.41. The summed E-state index contributed by atoms with van der Waals surface area (Å²) in [6, 6.07) is 0. The summed E-state index contributed by atoms with van der Waals surface area (Å²) >= 11 is 0. The maximum absolute atomic E-state index is 4.24. The van der Waals surface area contributed by atoms with E-state index in [1.807, 2.05) is 24.0 Å². The van der Waals surface area contributed by atoms with Crippen LogP contribution in [0.25, 0.3) is 0 Å². The molecule has 1 aromatic heterocycles. The average Bonchev–Trinajstić information content (AvgIpc) is 2.52. The Morgan fingerprint density at radius 1 is 1.62 bits per heavy atom. The van der Waals surface area contributed by atoms with E-state index in [-0.39, 0.29) is 0 Å². The van der Waals surface area contributed by atoms with Crippen molar-refractivity contribution < 1.29 is 0 Å². The number of aromatic nitrogens is 2. The summed E-state index contributed by atoms with van der Waals surface area (Å²) in [7, 11) is 2.02. The van der Waals surface area contributed by atoms with Crippen molar-refractivity contribution in [3.63, 3.8) is 0 Å². The van der Waals surface area contributed by atoms with Crippen molar-refractivity contribution in [3.05, 3.63) is 18.2 Å². The second-order valence-electron chi connectivity index (χ2n) is 3.60. The Morgan fingerprint density at radius 2 is 2.38 bits per heavy atom. The van der Waals surface area contributed by atoms with Gasteiger partial charge < -0.3 is 9.88 Å². The second-order valence-corrected chi connectivity index (χ2v) is 3.60. The molecule has 0 amide bonds. The zero-order valence-electron chi connectivity index (χ0n) is 8.75. The van der Waals surface area contributed by atoms with E-state index < -0.39 is 0 Å². The minimum Gasteiger partial charge on any atom is -0.337 e. The molecule has 3 nitrogen and oxygen atoms in total. The highest BCUT2D eigenvalue weighted by Gasteiger charge is 2.00. The first-order valence-electron chi connectivity index (χ1n) is 4.91. The number of aryl methyl sites for hydroxylation is 1. The molecule has 0 saturated carbocycles. The van der Waals surface area contributed by atoms with E-state index in [9.17, 15) is 0 Å². The third-order valence-corrected chi connectivity index (χ3v) is 2.39. The van der Waals surface area contributed by atoms with Crippen molar-refractivity contribution in [2.75, 3.05) is 6.54 Å². The zero-order chi connectivity index (χ0) is 9.68. The van der Waals surface area contributed by atoms with Crippen LogP contribution in [-0.2, 0) is 13.6 Å². The molecular weight excluding hydrogens is 162 g/mol. The van der Waals surface area contributed by atoms with Gasteiger partial charge in [0, 0.05) is 19.4 Å². The lowest BCUT2D eigenvalue weighted by atomic mass is 10.1. The molecule has 1 rings (SSSR count). The summed E-state index contributed by atoms with van der Waals surface area (Å²) in [5, 5.41) is 3.40.